The van der Waals surface area contributed by atoms with E-state index < -0.39 is 10.8 Å². The molecule has 0 amide bonds. The van der Waals surface area contributed by atoms with Gasteiger partial charge in [0.1, 0.15) is 17.2 Å². The third-order valence-electron chi connectivity index (χ3n) is 6.08. The molecule has 0 fully saturated rings. The molecule has 2 rings (SSSR count). The summed E-state index contributed by atoms with van der Waals surface area (Å²) < 4.78 is 17.7. The Labute approximate surface area is 240 Å². The lowest BCUT2D eigenvalue weighted by Crippen LogP contribution is -2.26. The van der Waals surface area contributed by atoms with Crippen LogP contribution in [0.5, 0.6) is 17.2 Å². The normalized spacial score (nSPS) is 11.9. The Balaban J connectivity index is 2.57. The molecule has 0 saturated heterocycles. The lowest BCUT2D eigenvalue weighted by atomic mass is 9.94. The van der Waals surface area contributed by atoms with Crippen molar-refractivity contribution in [3.05, 3.63) is 58.7 Å². The van der Waals surface area contributed by atoms with Gasteiger partial charge < -0.3 is 14.2 Å². The van der Waals surface area contributed by atoms with Crippen LogP contribution in [0.3, 0.4) is 0 Å². The topological polar surface area (TPSA) is 78.9 Å². The van der Waals surface area contributed by atoms with Gasteiger partial charge in [-0.1, -0.05) is 33.6 Å². The first-order valence-corrected chi connectivity index (χ1v) is 14.3. The number of ether oxygens (including phenoxy) is 3. The molecular formula is C34H46O6. The van der Waals surface area contributed by atoms with Gasteiger partial charge in [-0.25, -0.2) is 0 Å². The number of hydrogen-bond acceptors (Lipinski definition) is 6. The highest BCUT2D eigenvalue weighted by molar-refractivity contribution is 6.07. The molecule has 2 aromatic carbocycles. The average Bonchev–Trinajstić information content (AvgIpc) is 2.87. The molecule has 0 aliphatic carbocycles. The molecule has 6 heteroatoms. The van der Waals surface area contributed by atoms with Crippen molar-refractivity contribution >= 4 is 23.8 Å². The van der Waals surface area contributed by atoms with E-state index in [2.05, 4.69) is 19.9 Å². The Morgan fingerprint density at radius 3 is 1.75 bits per heavy atom. The van der Waals surface area contributed by atoms with Crippen LogP contribution in [0.15, 0.2) is 36.4 Å². The zero-order valence-corrected chi connectivity index (χ0v) is 25.7. The highest BCUT2D eigenvalue weighted by Crippen LogP contribution is 2.40. The fourth-order valence-corrected chi connectivity index (χ4v) is 3.80. The predicted molar refractivity (Wildman–Crippen MR) is 160 cm³/mol. The van der Waals surface area contributed by atoms with E-state index in [0.29, 0.717) is 35.0 Å². The number of benzene rings is 2. The Bertz CT molecular complexity index is 1210. The van der Waals surface area contributed by atoms with Crippen molar-refractivity contribution in [2.75, 3.05) is 6.61 Å². The maximum atomic E-state index is 13.2. The van der Waals surface area contributed by atoms with E-state index in [1.54, 1.807) is 51.1 Å². The van der Waals surface area contributed by atoms with Gasteiger partial charge in [-0.2, -0.15) is 0 Å². The van der Waals surface area contributed by atoms with Crippen molar-refractivity contribution in [1.82, 2.24) is 0 Å². The quantitative estimate of drug-likeness (QED) is 0.115. The van der Waals surface area contributed by atoms with Gasteiger partial charge in [0.15, 0.2) is 5.78 Å². The summed E-state index contributed by atoms with van der Waals surface area (Å²) in [4.78, 5) is 38.4. The molecule has 0 unspecified atom stereocenters. The second-order valence-corrected chi connectivity index (χ2v) is 12.1. The summed E-state index contributed by atoms with van der Waals surface area (Å²) in [6, 6.07) is 8.56. The van der Waals surface area contributed by atoms with Crippen molar-refractivity contribution in [3.8, 4) is 17.2 Å². The van der Waals surface area contributed by atoms with Gasteiger partial charge in [-0.15, -0.1) is 0 Å². The standard InChI is InChI=1S/C34H46O6/c1-10-13-24-22-25(14-11-2)30(40-32(37)34(7,8)9)27(29(24)38-21-12-3)19-20-28(35)23-15-17-26(18-16-23)39-31(36)33(4,5)6/h15-20,22H,10-14,21H2,1-9H3. The summed E-state index contributed by atoms with van der Waals surface area (Å²) in [7, 11) is 0. The summed E-state index contributed by atoms with van der Waals surface area (Å²) in [5, 5.41) is 0. The van der Waals surface area contributed by atoms with Gasteiger partial charge in [0.05, 0.1) is 23.0 Å². The van der Waals surface area contributed by atoms with Crippen LogP contribution in [0.25, 0.3) is 6.08 Å². The first-order chi connectivity index (χ1) is 18.7. The Morgan fingerprint density at radius 2 is 1.25 bits per heavy atom. The molecule has 0 bridgehead atoms. The largest absolute Gasteiger partial charge is 0.493 e. The Hall–Kier alpha value is -3.41. The lowest BCUT2D eigenvalue weighted by molar-refractivity contribution is -0.143. The molecule has 0 radical (unpaired) electrons. The number of rotatable bonds is 12. The molecule has 0 aromatic heterocycles. The van der Waals surface area contributed by atoms with E-state index in [0.717, 1.165) is 43.2 Å². The highest BCUT2D eigenvalue weighted by Gasteiger charge is 2.28. The summed E-state index contributed by atoms with van der Waals surface area (Å²) in [5.74, 6) is 0.536. The van der Waals surface area contributed by atoms with Crippen LogP contribution in [0.1, 0.15) is 109 Å². The number of carbonyl (C=O) groups excluding carboxylic acids is 3. The Morgan fingerprint density at radius 1 is 0.725 bits per heavy atom. The summed E-state index contributed by atoms with van der Waals surface area (Å²) in [6.07, 6.45) is 7.30. The average molecular weight is 551 g/mol. The van der Waals surface area contributed by atoms with E-state index in [1.165, 1.54) is 6.08 Å². The second-order valence-electron chi connectivity index (χ2n) is 12.1. The van der Waals surface area contributed by atoms with Crippen molar-refractivity contribution in [3.63, 3.8) is 0 Å². The fourth-order valence-electron chi connectivity index (χ4n) is 3.80. The van der Waals surface area contributed by atoms with Crippen LogP contribution in [-0.4, -0.2) is 24.3 Å². The molecule has 0 N–H and O–H groups in total. The first-order valence-electron chi connectivity index (χ1n) is 14.3. The molecule has 0 atom stereocenters. The van der Waals surface area contributed by atoms with Gasteiger partial charge >= 0.3 is 11.9 Å². The maximum absolute atomic E-state index is 13.2. The minimum absolute atomic E-state index is 0.235. The van der Waals surface area contributed by atoms with Crippen LogP contribution in [0.4, 0.5) is 0 Å². The number of hydrogen-bond donors (Lipinski definition) is 0. The molecule has 40 heavy (non-hydrogen) atoms. The van der Waals surface area contributed by atoms with E-state index in [9.17, 15) is 14.4 Å². The number of aryl methyl sites for hydroxylation is 2. The van der Waals surface area contributed by atoms with Gasteiger partial charge in [0, 0.05) is 5.56 Å². The third kappa shape index (κ3) is 9.07. The van der Waals surface area contributed by atoms with Crippen molar-refractivity contribution < 1.29 is 28.6 Å². The molecule has 6 nitrogen and oxygen atoms in total. The monoisotopic (exact) mass is 550 g/mol. The predicted octanol–water partition coefficient (Wildman–Crippen LogP) is 8.18. The first kappa shape index (κ1) is 32.8. The maximum Gasteiger partial charge on any atom is 0.316 e. The van der Waals surface area contributed by atoms with Crippen molar-refractivity contribution in [2.24, 2.45) is 10.8 Å². The molecule has 218 valence electrons. The summed E-state index contributed by atoms with van der Waals surface area (Å²) in [6.45, 7) is 17.5. The van der Waals surface area contributed by atoms with Gasteiger partial charge in [-0.3, -0.25) is 14.4 Å². The summed E-state index contributed by atoms with van der Waals surface area (Å²) in [5.41, 5.74) is 1.66. The van der Waals surface area contributed by atoms with E-state index in [-0.39, 0.29) is 17.7 Å². The zero-order chi connectivity index (χ0) is 30.1. The fraction of sp³-hybridized carbons (Fsp3) is 0.500. The van der Waals surface area contributed by atoms with Crippen LogP contribution in [-0.2, 0) is 22.4 Å². The van der Waals surface area contributed by atoms with E-state index in [4.69, 9.17) is 14.2 Å². The van der Waals surface area contributed by atoms with Crippen LogP contribution in [0.2, 0.25) is 0 Å². The van der Waals surface area contributed by atoms with Crippen LogP contribution >= 0.6 is 0 Å². The Kier molecular flexibility index (Phi) is 11.7. The van der Waals surface area contributed by atoms with Crippen molar-refractivity contribution in [1.29, 1.82) is 0 Å². The number of allylic oxidation sites excluding steroid dienone is 1. The highest BCUT2D eigenvalue weighted by atomic mass is 16.5. The summed E-state index contributed by atoms with van der Waals surface area (Å²) >= 11 is 0. The SMILES string of the molecule is CCCOc1c(CCC)cc(CCC)c(OC(=O)C(C)(C)C)c1C=CC(=O)c1ccc(OC(=O)C(C)(C)C)cc1. The molecule has 0 spiro atoms. The van der Waals surface area contributed by atoms with E-state index in [1.807, 2.05) is 27.7 Å². The molecular weight excluding hydrogens is 504 g/mol. The molecule has 0 saturated carbocycles. The second kappa shape index (κ2) is 14.3. The lowest BCUT2D eigenvalue weighted by Gasteiger charge is -2.23. The smallest absolute Gasteiger partial charge is 0.316 e. The van der Waals surface area contributed by atoms with Crippen molar-refractivity contribution in [2.45, 2.75) is 94.4 Å². The minimum atomic E-state index is -0.703. The minimum Gasteiger partial charge on any atom is -0.493 e. The molecule has 0 heterocycles. The van der Waals surface area contributed by atoms with Crippen LogP contribution < -0.4 is 14.2 Å². The third-order valence-corrected chi connectivity index (χ3v) is 6.08. The molecule has 2 aromatic rings. The number of esters is 2. The van der Waals surface area contributed by atoms with Crippen LogP contribution in [0, 0.1) is 10.8 Å². The van der Waals surface area contributed by atoms with Gasteiger partial charge in [0.2, 0.25) is 0 Å². The molecule has 0 aliphatic heterocycles. The van der Waals surface area contributed by atoms with Gasteiger partial charge in [-0.05, 0) is 114 Å². The zero-order valence-electron chi connectivity index (χ0n) is 25.7. The van der Waals surface area contributed by atoms with Gasteiger partial charge in [0.25, 0.3) is 0 Å². The number of ketones is 1. The number of carbonyl (C=O) groups is 3. The molecule has 0 aliphatic rings. The van der Waals surface area contributed by atoms with E-state index >= 15 is 0 Å².